The van der Waals surface area contributed by atoms with Crippen molar-refractivity contribution in [1.29, 1.82) is 0 Å². The molecule has 8 nitrogen and oxygen atoms in total. The maximum Gasteiger partial charge on any atom is 0.295 e. The van der Waals surface area contributed by atoms with Gasteiger partial charge >= 0.3 is 0 Å². The van der Waals surface area contributed by atoms with Crippen molar-refractivity contribution in [2.75, 3.05) is 11.9 Å². The Kier molecular flexibility index (Phi) is 5.19. The van der Waals surface area contributed by atoms with E-state index in [1.54, 1.807) is 0 Å². The van der Waals surface area contributed by atoms with Crippen LogP contribution in [0.2, 0.25) is 5.02 Å². The second kappa shape index (κ2) is 6.43. The number of hydrogen-bond acceptors (Lipinski definition) is 5. The molecule has 0 radical (unpaired) electrons. The van der Waals surface area contributed by atoms with Crippen LogP contribution in [0.3, 0.4) is 0 Å². The number of rotatable bonds is 5. The average molecular weight is 353 g/mol. The number of halogens is 2. The van der Waals surface area contributed by atoms with Gasteiger partial charge in [-0.2, -0.15) is 0 Å². The van der Waals surface area contributed by atoms with Gasteiger partial charge in [0, 0.05) is 17.9 Å². The average Bonchev–Trinajstić information content (AvgIpc) is 2.35. The van der Waals surface area contributed by atoms with Crippen molar-refractivity contribution in [3.63, 3.8) is 0 Å². The lowest BCUT2D eigenvalue weighted by Gasteiger charge is -2.05. The third kappa shape index (κ3) is 3.61. The highest BCUT2D eigenvalue weighted by Crippen LogP contribution is 2.32. The molecule has 0 saturated heterocycles. The van der Waals surface area contributed by atoms with Crippen molar-refractivity contribution >= 4 is 44.8 Å². The number of nitro groups is 2. The predicted molar refractivity (Wildman–Crippen MR) is 70.9 cm³/mol. The molecule has 0 aliphatic carbocycles. The molecule has 0 atom stereocenters. The molecule has 0 heterocycles. The zero-order valence-electron chi connectivity index (χ0n) is 9.26. The van der Waals surface area contributed by atoms with Gasteiger partial charge < -0.3 is 5.32 Å². The van der Waals surface area contributed by atoms with Gasteiger partial charge in [0.15, 0.2) is 0 Å². The fraction of sp³-hybridized carbons (Fsp3) is 0.222. The lowest BCUT2D eigenvalue weighted by atomic mass is 10.1. The van der Waals surface area contributed by atoms with Crippen LogP contribution < -0.4 is 5.32 Å². The summed E-state index contributed by atoms with van der Waals surface area (Å²) >= 11 is 8.80. The molecule has 0 saturated carbocycles. The summed E-state index contributed by atoms with van der Waals surface area (Å²) in [5.74, 6) is -0.712. The number of carbonyl (C=O) groups excluding carboxylic acids is 1. The number of amides is 1. The summed E-state index contributed by atoms with van der Waals surface area (Å²) in [6.45, 7) is 0.256. The zero-order chi connectivity index (χ0) is 14.6. The van der Waals surface area contributed by atoms with Crippen molar-refractivity contribution in [3.05, 3.63) is 42.9 Å². The minimum atomic E-state index is -0.878. The molecule has 1 aromatic carbocycles. The van der Waals surface area contributed by atoms with Crippen molar-refractivity contribution in [1.82, 2.24) is 5.32 Å². The van der Waals surface area contributed by atoms with Crippen LogP contribution in [0, 0.1) is 20.2 Å². The summed E-state index contributed by atoms with van der Waals surface area (Å²) in [6, 6.07) is 1.61. The Morgan fingerprint density at radius 1 is 1.32 bits per heavy atom. The Labute approximate surface area is 120 Å². The summed E-state index contributed by atoms with van der Waals surface area (Å²) in [5.41, 5.74) is -1.55. The van der Waals surface area contributed by atoms with E-state index >= 15 is 0 Å². The van der Waals surface area contributed by atoms with Gasteiger partial charge in [0.2, 0.25) is 0 Å². The normalized spacial score (nSPS) is 10.0. The lowest BCUT2D eigenvalue weighted by Crippen LogP contribution is -2.25. The molecular formula is C9H7BrClN3O5. The van der Waals surface area contributed by atoms with Gasteiger partial charge in [0.1, 0.15) is 5.02 Å². The van der Waals surface area contributed by atoms with Crippen LogP contribution in [0.1, 0.15) is 10.4 Å². The van der Waals surface area contributed by atoms with E-state index in [0.717, 1.165) is 6.07 Å². The Hall–Kier alpha value is -1.74. The summed E-state index contributed by atoms with van der Waals surface area (Å²) in [4.78, 5) is 31.4. The van der Waals surface area contributed by atoms with Crippen LogP contribution in [-0.4, -0.2) is 27.6 Å². The molecule has 0 aliphatic heterocycles. The summed E-state index contributed by atoms with van der Waals surface area (Å²) in [7, 11) is 0. The van der Waals surface area contributed by atoms with E-state index in [0.29, 0.717) is 11.4 Å². The quantitative estimate of drug-likeness (QED) is 0.496. The zero-order valence-corrected chi connectivity index (χ0v) is 11.6. The van der Waals surface area contributed by atoms with Gasteiger partial charge in [-0.05, 0) is 0 Å². The fourth-order valence-electron chi connectivity index (χ4n) is 1.25. The molecule has 1 amide bonds. The van der Waals surface area contributed by atoms with Crippen LogP contribution in [-0.2, 0) is 0 Å². The molecule has 19 heavy (non-hydrogen) atoms. The van der Waals surface area contributed by atoms with Gasteiger partial charge in [-0.1, -0.05) is 27.5 Å². The smallest absolute Gasteiger partial charge is 0.295 e. The van der Waals surface area contributed by atoms with Crippen LogP contribution >= 0.6 is 27.5 Å². The Bertz CT molecular complexity index is 551. The van der Waals surface area contributed by atoms with Crippen molar-refractivity contribution in [2.45, 2.75) is 0 Å². The fourth-order valence-corrected chi connectivity index (χ4v) is 1.72. The van der Waals surface area contributed by atoms with Crippen LogP contribution in [0.5, 0.6) is 0 Å². The van der Waals surface area contributed by atoms with E-state index < -0.39 is 32.2 Å². The second-order valence-electron chi connectivity index (χ2n) is 3.29. The first kappa shape index (κ1) is 15.3. The molecular weight excluding hydrogens is 345 g/mol. The maximum absolute atomic E-state index is 11.7. The standard InChI is InChI=1S/C9H7BrClN3O5/c10-1-2-12-9(15)6-3-5(13(16)17)4-7(8(6)11)14(18)19/h3-4H,1-2H2,(H,12,15). The van der Waals surface area contributed by atoms with E-state index in [4.69, 9.17) is 11.6 Å². The topological polar surface area (TPSA) is 115 Å². The minimum absolute atomic E-state index is 0.256. The largest absolute Gasteiger partial charge is 0.351 e. The van der Waals surface area contributed by atoms with Crippen LogP contribution in [0.4, 0.5) is 11.4 Å². The molecule has 1 rings (SSSR count). The molecule has 0 aromatic heterocycles. The Morgan fingerprint density at radius 2 is 1.95 bits per heavy atom. The van der Waals surface area contributed by atoms with Gasteiger partial charge in [0.25, 0.3) is 17.3 Å². The van der Waals surface area contributed by atoms with Crippen LogP contribution in [0.25, 0.3) is 0 Å². The number of alkyl halides is 1. The number of non-ortho nitro benzene ring substituents is 1. The van der Waals surface area contributed by atoms with E-state index in [2.05, 4.69) is 21.2 Å². The number of benzene rings is 1. The van der Waals surface area contributed by atoms with E-state index in [9.17, 15) is 25.0 Å². The molecule has 1 aromatic rings. The number of nitrogens with one attached hydrogen (secondary N) is 1. The third-order valence-electron chi connectivity index (χ3n) is 2.07. The molecule has 1 N–H and O–H groups in total. The monoisotopic (exact) mass is 351 g/mol. The highest BCUT2D eigenvalue weighted by Gasteiger charge is 2.25. The van der Waals surface area contributed by atoms with Crippen molar-refractivity contribution < 1.29 is 14.6 Å². The van der Waals surface area contributed by atoms with Crippen molar-refractivity contribution in [2.24, 2.45) is 0 Å². The lowest BCUT2D eigenvalue weighted by molar-refractivity contribution is -0.394. The van der Waals surface area contributed by atoms with E-state index in [1.165, 1.54) is 0 Å². The molecule has 0 aliphatic rings. The summed E-state index contributed by atoms with van der Waals surface area (Å²) < 4.78 is 0. The minimum Gasteiger partial charge on any atom is -0.351 e. The summed E-state index contributed by atoms with van der Waals surface area (Å²) in [5, 5.41) is 23.9. The van der Waals surface area contributed by atoms with Crippen LogP contribution in [0.15, 0.2) is 12.1 Å². The first-order valence-electron chi connectivity index (χ1n) is 4.85. The molecule has 0 unspecified atom stereocenters. The molecule has 10 heteroatoms. The molecule has 0 spiro atoms. The maximum atomic E-state index is 11.7. The SMILES string of the molecule is O=C(NCCBr)c1cc([N+](=O)[O-])cc([N+](=O)[O-])c1Cl. The van der Waals surface area contributed by atoms with Gasteiger partial charge in [-0.25, -0.2) is 0 Å². The Balaban J connectivity index is 3.33. The first-order chi connectivity index (χ1) is 8.88. The van der Waals surface area contributed by atoms with Crippen molar-refractivity contribution in [3.8, 4) is 0 Å². The number of nitro benzene ring substituents is 2. The number of nitrogens with zero attached hydrogens (tertiary/aromatic N) is 2. The van der Waals surface area contributed by atoms with Gasteiger partial charge in [-0.3, -0.25) is 25.0 Å². The Morgan fingerprint density at radius 3 is 2.42 bits per heavy atom. The third-order valence-corrected chi connectivity index (χ3v) is 2.86. The first-order valence-corrected chi connectivity index (χ1v) is 6.35. The van der Waals surface area contributed by atoms with E-state index in [-0.39, 0.29) is 12.1 Å². The summed E-state index contributed by atoms with van der Waals surface area (Å²) in [6.07, 6.45) is 0. The predicted octanol–water partition coefficient (Wildman–Crippen LogP) is 2.28. The molecule has 0 bridgehead atoms. The second-order valence-corrected chi connectivity index (χ2v) is 4.46. The highest BCUT2D eigenvalue weighted by molar-refractivity contribution is 9.09. The number of hydrogen-bond donors (Lipinski definition) is 1. The van der Waals surface area contributed by atoms with Gasteiger partial charge in [0.05, 0.1) is 21.5 Å². The highest BCUT2D eigenvalue weighted by atomic mass is 79.9. The molecule has 102 valence electrons. The molecule has 0 fully saturated rings. The van der Waals surface area contributed by atoms with E-state index in [1.807, 2.05) is 0 Å². The van der Waals surface area contributed by atoms with Gasteiger partial charge in [-0.15, -0.1) is 0 Å². The number of carbonyl (C=O) groups is 1.